The van der Waals surface area contributed by atoms with Gasteiger partial charge in [0, 0.05) is 0 Å². The first-order valence-electron chi connectivity index (χ1n) is 2.96. The number of aliphatic imine (C=N–C) groups is 1. The molecule has 0 aromatic heterocycles. The Labute approximate surface area is 63.1 Å². The SMILES string of the molecule is N#CCON1C=C(F)C=NC1. The van der Waals surface area contributed by atoms with Crippen molar-refractivity contribution in [1.29, 1.82) is 5.26 Å². The molecule has 58 valence electrons. The van der Waals surface area contributed by atoms with Gasteiger partial charge in [0.15, 0.2) is 12.4 Å². The van der Waals surface area contributed by atoms with Gasteiger partial charge in [-0.2, -0.15) is 5.26 Å². The molecule has 0 bridgehead atoms. The van der Waals surface area contributed by atoms with Gasteiger partial charge in [-0.15, -0.1) is 0 Å². The van der Waals surface area contributed by atoms with E-state index in [1.165, 1.54) is 5.06 Å². The molecule has 1 rings (SSSR count). The molecule has 5 heteroatoms. The van der Waals surface area contributed by atoms with Crippen molar-refractivity contribution < 1.29 is 9.23 Å². The highest BCUT2D eigenvalue weighted by atomic mass is 19.1. The van der Waals surface area contributed by atoms with E-state index in [4.69, 9.17) is 10.1 Å². The Bertz CT molecular complexity index is 230. The van der Waals surface area contributed by atoms with Crippen molar-refractivity contribution in [2.45, 2.75) is 0 Å². The van der Waals surface area contributed by atoms with Crippen molar-refractivity contribution in [1.82, 2.24) is 5.06 Å². The third-order valence-electron chi connectivity index (χ3n) is 0.998. The molecule has 0 unspecified atom stereocenters. The molecule has 1 aliphatic heterocycles. The Balaban J connectivity index is 2.39. The normalized spacial score (nSPS) is 16.0. The zero-order valence-corrected chi connectivity index (χ0v) is 5.70. The van der Waals surface area contributed by atoms with Crippen molar-refractivity contribution >= 4 is 6.21 Å². The number of hydrogen-bond donors (Lipinski definition) is 0. The molecule has 0 amide bonds. The van der Waals surface area contributed by atoms with Gasteiger partial charge in [0.1, 0.15) is 6.67 Å². The van der Waals surface area contributed by atoms with Gasteiger partial charge < -0.3 is 0 Å². The van der Waals surface area contributed by atoms with Crippen LogP contribution in [0.2, 0.25) is 0 Å². The molecule has 11 heavy (non-hydrogen) atoms. The molecule has 0 saturated carbocycles. The van der Waals surface area contributed by atoms with E-state index in [0.29, 0.717) is 0 Å². The van der Waals surface area contributed by atoms with E-state index in [1.807, 2.05) is 0 Å². The summed E-state index contributed by atoms with van der Waals surface area (Å²) < 4.78 is 12.4. The number of allylic oxidation sites excluding steroid dienone is 1. The Kier molecular flexibility index (Phi) is 2.58. The molecule has 0 aromatic carbocycles. The van der Waals surface area contributed by atoms with Crippen LogP contribution in [0.3, 0.4) is 0 Å². The van der Waals surface area contributed by atoms with Crippen LogP contribution in [0.15, 0.2) is 17.0 Å². The van der Waals surface area contributed by atoms with Crippen LogP contribution in [0.4, 0.5) is 4.39 Å². The lowest BCUT2D eigenvalue weighted by Crippen LogP contribution is -2.21. The maximum absolute atomic E-state index is 12.4. The van der Waals surface area contributed by atoms with E-state index in [2.05, 4.69) is 4.99 Å². The third kappa shape index (κ3) is 2.35. The lowest BCUT2D eigenvalue weighted by Gasteiger charge is -2.17. The zero-order chi connectivity index (χ0) is 8.10. The first kappa shape index (κ1) is 7.69. The van der Waals surface area contributed by atoms with Crippen molar-refractivity contribution in [3.05, 3.63) is 12.0 Å². The highest BCUT2D eigenvalue weighted by molar-refractivity contribution is 5.75. The molecule has 0 N–H and O–H groups in total. The first-order valence-corrected chi connectivity index (χ1v) is 2.96. The second kappa shape index (κ2) is 3.68. The van der Waals surface area contributed by atoms with E-state index in [-0.39, 0.29) is 13.3 Å². The standard InChI is InChI=1S/C6H6FN3O/c7-6-3-9-5-10(4-6)11-2-1-8/h3-4H,2,5H2. The Morgan fingerprint density at radius 1 is 1.91 bits per heavy atom. The Morgan fingerprint density at radius 3 is 3.36 bits per heavy atom. The van der Waals surface area contributed by atoms with Crippen LogP contribution < -0.4 is 0 Å². The number of nitriles is 1. The lowest BCUT2D eigenvalue weighted by molar-refractivity contribution is -0.105. The third-order valence-corrected chi connectivity index (χ3v) is 0.998. The predicted molar refractivity (Wildman–Crippen MR) is 36.0 cm³/mol. The highest BCUT2D eigenvalue weighted by Gasteiger charge is 2.04. The van der Waals surface area contributed by atoms with Crippen LogP contribution in [0, 0.1) is 11.3 Å². The van der Waals surface area contributed by atoms with Crippen LogP contribution >= 0.6 is 0 Å². The van der Waals surface area contributed by atoms with Crippen molar-refractivity contribution in [2.24, 2.45) is 4.99 Å². The van der Waals surface area contributed by atoms with Crippen LogP contribution in [-0.2, 0) is 4.84 Å². The van der Waals surface area contributed by atoms with Gasteiger partial charge in [0.25, 0.3) is 0 Å². The van der Waals surface area contributed by atoms with Crippen LogP contribution in [0.1, 0.15) is 0 Å². The largest absolute Gasteiger partial charge is 0.266 e. The van der Waals surface area contributed by atoms with Gasteiger partial charge in [-0.05, 0) is 0 Å². The molecule has 0 atom stereocenters. The second-order valence-corrected chi connectivity index (χ2v) is 1.82. The van der Waals surface area contributed by atoms with E-state index < -0.39 is 5.83 Å². The zero-order valence-electron chi connectivity index (χ0n) is 5.70. The minimum absolute atomic E-state index is 0.0979. The van der Waals surface area contributed by atoms with Crippen LogP contribution in [0.25, 0.3) is 0 Å². The van der Waals surface area contributed by atoms with E-state index in [0.717, 1.165) is 12.4 Å². The topological polar surface area (TPSA) is 48.6 Å². The average molecular weight is 155 g/mol. The van der Waals surface area contributed by atoms with Gasteiger partial charge in [-0.25, -0.2) is 9.45 Å². The quantitative estimate of drug-likeness (QED) is 0.586. The first-order chi connectivity index (χ1) is 5.33. The molecule has 1 heterocycles. The molecule has 0 saturated heterocycles. The molecular formula is C6H6FN3O. The number of nitrogens with zero attached hydrogens (tertiary/aromatic N) is 3. The molecule has 1 aliphatic rings. The number of hydroxylamine groups is 2. The van der Waals surface area contributed by atoms with Gasteiger partial charge in [-0.3, -0.25) is 9.83 Å². The summed E-state index contributed by atoms with van der Waals surface area (Å²) in [5.74, 6) is -0.478. The van der Waals surface area contributed by atoms with Gasteiger partial charge in [0.05, 0.1) is 18.5 Å². The summed E-state index contributed by atoms with van der Waals surface area (Å²) in [5.41, 5.74) is 0. The molecule has 0 fully saturated rings. The minimum Gasteiger partial charge on any atom is -0.266 e. The number of rotatable bonds is 2. The van der Waals surface area contributed by atoms with Crippen molar-refractivity contribution in [3.63, 3.8) is 0 Å². The number of hydrogen-bond acceptors (Lipinski definition) is 4. The molecule has 0 radical (unpaired) electrons. The van der Waals surface area contributed by atoms with Crippen LogP contribution in [-0.4, -0.2) is 24.6 Å². The van der Waals surface area contributed by atoms with Gasteiger partial charge >= 0.3 is 0 Å². The molecular weight excluding hydrogens is 149 g/mol. The average Bonchev–Trinajstić information content (AvgIpc) is 2.01. The Morgan fingerprint density at radius 2 is 2.73 bits per heavy atom. The summed E-state index contributed by atoms with van der Waals surface area (Å²) in [4.78, 5) is 8.36. The maximum Gasteiger partial charge on any atom is 0.161 e. The van der Waals surface area contributed by atoms with Gasteiger partial charge in [0.2, 0.25) is 0 Å². The summed E-state index contributed by atoms with van der Waals surface area (Å²) in [7, 11) is 0. The smallest absolute Gasteiger partial charge is 0.161 e. The minimum atomic E-state index is -0.478. The Hall–Kier alpha value is -1.41. The molecule has 0 aliphatic carbocycles. The summed E-state index contributed by atoms with van der Waals surface area (Å²) in [6, 6.07) is 1.76. The summed E-state index contributed by atoms with van der Waals surface area (Å²) in [6.07, 6.45) is 2.25. The monoisotopic (exact) mass is 155 g/mol. The summed E-state index contributed by atoms with van der Waals surface area (Å²) in [5, 5.41) is 9.27. The maximum atomic E-state index is 12.4. The lowest BCUT2D eigenvalue weighted by atomic mass is 10.5. The molecule has 0 spiro atoms. The fourth-order valence-electron chi connectivity index (χ4n) is 0.610. The summed E-state index contributed by atoms with van der Waals surface area (Å²) >= 11 is 0. The molecule has 4 nitrogen and oxygen atoms in total. The second-order valence-electron chi connectivity index (χ2n) is 1.82. The van der Waals surface area contributed by atoms with Gasteiger partial charge in [-0.1, -0.05) is 0 Å². The van der Waals surface area contributed by atoms with Crippen molar-refractivity contribution in [2.75, 3.05) is 13.3 Å². The van der Waals surface area contributed by atoms with Crippen molar-refractivity contribution in [3.8, 4) is 6.07 Å². The van der Waals surface area contributed by atoms with Crippen LogP contribution in [0.5, 0.6) is 0 Å². The molecule has 0 aromatic rings. The fraction of sp³-hybridized carbons (Fsp3) is 0.333. The predicted octanol–water partition coefficient (Wildman–Crippen LogP) is 0.596. The van der Waals surface area contributed by atoms with E-state index >= 15 is 0 Å². The number of halogens is 1. The van der Waals surface area contributed by atoms with E-state index in [1.54, 1.807) is 6.07 Å². The highest BCUT2D eigenvalue weighted by Crippen LogP contribution is 2.03. The fourth-order valence-corrected chi connectivity index (χ4v) is 0.610. The van der Waals surface area contributed by atoms with E-state index in [9.17, 15) is 4.39 Å². The summed E-state index contributed by atoms with van der Waals surface area (Å²) in [6.45, 7) is 0.133.